The predicted molar refractivity (Wildman–Crippen MR) is 94.7 cm³/mol. The van der Waals surface area contributed by atoms with E-state index in [9.17, 15) is 4.79 Å². The first-order chi connectivity index (χ1) is 12.1. The molecule has 0 bridgehead atoms. The number of hydrogen-bond acceptors (Lipinski definition) is 5. The van der Waals surface area contributed by atoms with Crippen LogP contribution in [0.25, 0.3) is 0 Å². The smallest absolute Gasteiger partial charge is 0.269 e. The third-order valence-electron chi connectivity index (χ3n) is 5.06. The Balaban J connectivity index is 1.34. The number of rotatable bonds is 4. The highest BCUT2D eigenvalue weighted by molar-refractivity contribution is 5.92. The van der Waals surface area contributed by atoms with Crippen LogP contribution in [0, 0.1) is 6.92 Å². The number of amides is 1. The van der Waals surface area contributed by atoms with E-state index in [1.807, 2.05) is 13.0 Å². The minimum atomic E-state index is -0.0420. The molecule has 2 aromatic rings. The van der Waals surface area contributed by atoms with Crippen molar-refractivity contribution in [3.05, 3.63) is 35.5 Å². The van der Waals surface area contributed by atoms with Crippen LogP contribution in [0.5, 0.6) is 0 Å². The molecule has 0 atom stereocenters. The number of anilines is 1. The standard InChI is InChI=1S/C18H24N6O/c1-12-9-16(23(2)22-12)18(25)21-14-5-7-24(8-6-14)17-10-15(13-3-4-13)19-11-20-17/h9-11,13-14H,3-8H2,1-2H3,(H,21,25). The molecule has 7 heteroatoms. The van der Waals surface area contributed by atoms with Gasteiger partial charge in [-0.2, -0.15) is 5.10 Å². The molecule has 7 nitrogen and oxygen atoms in total. The zero-order chi connectivity index (χ0) is 17.4. The summed E-state index contributed by atoms with van der Waals surface area (Å²) in [5, 5.41) is 7.38. The van der Waals surface area contributed by atoms with E-state index in [2.05, 4.69) is 31.3 Å². The second-order valence-electron chi connectivity index (χ2n) is 7.10. The maximum Gasteiger partial charge on any atom is 0.269 e. The van der Waals surface area contributed by atoms with Gasteiger partial charge in [0.1, 0.15) is 17.8 Å². The first kappa shape index (κ1) is 16.1. The van der Waals surface area contributed by atoms with Gasteiger partial charge in [0.15, 0.2) is 0 Å². The van der Waals surface area contributed by atoms with Crippen LogP contribution in [0.4, 0.5) is 5.82 Å². The van der Waals surface area contributed by atoms with Crippen LogP contribution in [0.15, 0.2) is 18.5 Å². The van der Waals surface area contributed by atoms with Crippen LogP contribution in [0.2, 0.25) is 0 Å². The summed E-state index contributed by atoms with van der Waals surface area (Å²) in [5.41, 5.74) is 2.65. The molecule has 2 aromatic heterocycles. The SMILES string of the molecule is Cc1cc(C(=O)NC2CCN(c3cc(C4CC4)ncn3)CC2)n(C)n1. The summed E-state index contributed by atoms with van der Waals surface area (Å²) in [6.07, 6.45) is 6.02. The topological polar surface area (TPSA) is 75.9 Å². The lowest BCUT2D eigenvalue weighted by molar-refractivity contribution is 0.0921. The Morgan fingerprint density at radius 2 is 1.92 bits per heavy atom. The van der Waals surface area contributed by atoms with Gasteiger partial charge in [-0.25, -0.2) is 9.97 Å². The van der Waals surface area contributed by atoms with Crippen molar-refractivity contribution in [3.63, 3.8) is 0 Å². The third-order valence-corrected chi connectivity index (χ3v) is 5.06. The molecule has 0 spiro atoms. The van der Waals surface area contributed by atoms with Gasteiger partial charge < -0.3 is 10.2 Å². The van der Waals surface area contributed by atoms with E-state index in [0.29, 0.717) is 11.6 Å². The molecule has 4 rings (SSSR count). The Morgan fingerprint density at radius 3 is 2.56 bits per heavy atom. The van der Waals surface area contributed by atoms with Crippen molar-refractivity contribution in [3.8, 4) is 0 Å². The highest BCUT2D eigenvalue weighted by Crippen LogP contribution is 2.39. The van der Waals surface area contributed by atoms with Gasteiger partial charge in [-0.1, -0.05) is 0 Å². The van der Waals surface area contributed by atoms with Crippen molar-refractivity contribution in [2.75, 3.05) is 18.0 Å². The van der Waals surface area contributed by atoms with Crippen molar-refractivity contribution >= 4 is 11.7 Å². The van der Waals surface area contributed by atoms with E-state index in [1.165, 1.54) is 18.5 Å². The van der Waals surface area contributed by atoms with E-state index < -0.39 is 0 Å². The highest BCUT2D eigenvalue weighted by atomic mass is 16.2. The molecule has 0 radical (unpaired) electrons. The normalized spacial score (nSPS) is 18.4. The van der Waals surface area contributed by atoms with E-state index in [1.54, 1.807) is 18.1 Å². The van der Waals surface area contributed by atoms with Crippen molar-refractivity contribution in [1.29, 1.82) is 0 Å². The lowest BCUT2D eigenvalue weighted by atomic mass is 10.0. The first-order valence-corrected chi connectivity index (χ1v) is 8.98. The van der Waals surface area contributed by atoms with Crippen molar-refractivity contribution in [2.45, 2.75) is 44.6 Å². The summed E-state index contributed by atoms with van der Waals surface area (Å²) in [4.78, 5) is 23.5. The molecule has 1 aliphatic carbocycles. The molecule has 25 heavy (non-hydrogen) atoms. The second kappa shape index (κ2) is 6.46. The third kappa shape index (κ3) is 3.50. The molecule has 2 fully saturated rings. The molecule has 1 N–H and O–H groups in total. The summed E-state index contributed by atoms with van der Waals surface area (Å²) in [6.45, 7) is 3.69. The van der Waals surface area contributed by atoms with Gasteiger partial charge in [-0.05, 0) is 38.7 Å². The molecule has 132 valence electrons. The lowest BCUT2D eigenvalue weighted by Crippen LogP contribution is -2.45. The molecule has 1 amide bonds. The maximum atomic E-state index is 12.4. The fourth-order valence-corrected chi connectivity index (χ4v) is 3.47. The molecular formula is C18H24N6O. The fraction of sp³-hybridized carbons (Fsp3) is 0.556. The van der Waals surface area contributed by atoms with Crippen molar-refractivity contribution < 1.29 is 4.79 Å². The number of nitrogens with zero attached hydrogens (tertiary/aromatic N) is 5. The highest BCUT2D eigenvalue weighted by Gasteiger charge is 2.27. The molecule has 1 aliphatic heterocycles. The van der Waals surface area contributed by atoms with E-state index in [4.69, 9.17) is 0 Å². The summed E-state index contributed by atoms with van der Waals surface area (Å²) in [5.74, 6) is 1.62. The van der Waals surface area contributed by atoms with Crippen LogP contribution in [0.3, 0.4) is 0 Å². The predicted octanol–water partition coefficient (Wildman–Crippen LogP) is 1.79. The van der Waals surface area contributed by atoms with Crippen LogP contribution in [-0.4, -0.2) is 44.8 Å². The van der Waals surface area contributed by atoms with E-state index >= 15 is 0 Å². The monoisotopic (exact) mass is 340 g/mol. The minimum Gasteiger partial charge on any atom is -0.356 e. The van der Waals surface area contributed by atoms with Crippen molar-refractivity contribution in [2.24, 2.45) is 7.05 Å². The summed E-state index contributed by atoms with van der Waals surface area (Å²) in [6, 6.07) is 4.16. The van der Waals surface area contributed by atoms with Gasteiger partial charge in [0.05, 0.1) is 5.69 Å². The summed E-state index contributed by atoms with van der Waals surface area (Å²) in [7, 11) is 1.80. The number of piperidine rings is 1. The molecule has 3 heterocycles. The Bertz CT molecular complexity index is 774. The number of aromatic nitrogens is 4. The van der Waals surface area contributed by atoms with E-state index in [0.717, 1.165) is 37.4 Å². The number of aryl methyl sites for hydroxylation is 2. The molecule has 0 aromatic carbocycles. The minimum absolute atomic E-state index is 0.0420. The molecule has 1 saturated heterocycles. The lowest BCUT2D eigenvalue weighted by Gasteiger charge is -2.33. The van der Waals surface area contributed by atoms with Crippen LogP contribution in [-0.2, 0) is 7.05 Å². The van der Waals surface area contributed by atoms with Crippen LogP contribution in [0.1, 0.15) is 53.5 Å². The first-order valence-electron chi connectivity index (χ1n) is 8.98. The number of carbonyl (C=O) groups excluding carboxylic acids is 1. The summed E-state index contributed by atoms with van der Waals surface area (Å²) < 4.78 is 1.64. The Kier molecular flexibility index (Phi) is 4.15. The Hall–Kier alpha value is -2.44. The van der Waals surface area contributed by atoms with Gasteiger partial charge in [0.25, 0.3) is 5.91 Å². The van der Waals surface area contributed by atoms with Gasteiger partial charge in [0.2, 0.25) is 0 Å². The molecule has 0 unspecified atom stereocenters. The number of carbonyl (C=O) groups is 1. The second-order valence-corrected chi connectivity index (χ2v) is 7.10. The molecule has 1 saturated carbocycles. The largest absolute Gasteiger partial charge is 0.356 e. The summed E-state index contributed by atoms with van der Waals surface area (Å²) >= 11 is 0. The average molecular weight is 340 g/mol. The van der Waals surface area contributed by atoms with Gasteiger partial charge in [-0.3, -0.25) is 9.48 Å². The van der Waals surface area contributed by atoms with Crippen molar-refractivity contribution in [1.82, 2.24) is 25.1 Å². The van der Waals surface area contributed by atoms with Gasteiger partial charge >= 0.3 is 0 Å². The molecular weight excluding hydrogens is 316 g/mol. The van der Waals surface area contributed by atoms with Gasteiger partial charge in [0, 0.05) is 43.9 Å². The van der Waals surface area contributed by atoms with Crippen LogP contribution >= 0.6 is 0 Å². The Morgan fingerprint density at radius 1 is 1.16 bits per heavy atom. The quantitative estimate of drug-likeness (QED) is 0.918. The zero-order valence-electron chi connectivity index (χ0n) is 14.8. The fourth-order valence-electron chi connectivity index (χ4n) is 3.47. The Labute approximate surface area is 147 Å². The maximum absolute atomic E-state index is 12.4. The average Bonchev–Trinajstić information content (AvgIpc) is 3.40. The van der Waals surface area contributed by atoms with E-state index in [-0.39, 0.29) is 11.9 Å². The number of nitrogens with one attached hydrogen (secondary N) is 1. The number of hydrogen-bond donors (Lipinski definition) is 1. The van der Waals surface area contributed by atoms with Gasteiger partial charge in [-0.15, -0.1) is 0 Å². The zero-order valence-corrected chi connectivity index (χ0v) is 14.8. The molecule has 2 aliphatic rings. The van der Waals surface area contributed by atoms with Crippen LogP contribution < -0.4 is 10.2 Å².